The zero-order chi connectivity index (χ0) is 27.7. The van der Waals surface area contributed by atoms with E-state index in [4.69, 9.17) is 0 Å². The summed E-state index contributed by atoms with van der Waals surface area (Å²) in [5, 5.41) is 6.13. The number of nitrogens with one attached hydrogen (secondary N) is 2. The van der Waals surface area contributed by atoms with Crippen LogP contribution in [0.1, 0.15) is 39.9 Å². The number of urea groups is 1. The number of likely N-dealkylation sites (tertiary alicyclic amines) is 1. The molecule has 1 fully saturated rings. The van der Waals surface area contributed by atoms with Crippen LogP contribution in [0, 0.1) is 0 Å². The summed E-state index contributed by atoms with van der Waals surface area (Å²) in [7, 11) is 1.72. The average Bonchev–Trinajstić information content (AvgIpc) is 3.00. The molecule has 5 rings (SSSR count). The molecule has 6 nitrogen and oxygen atoms in total. The van der Waals surface area contributed by atoms with Gasteiger partial charge in [0, 0.05) is 49.7 Å². The van der Waals surface area contributed by atoms with Crippen LogP contribution >= 0.6 is 0 Å². The van der Waals surface area contributed by atoms with Gasteiger partial charge in [0.15, 0.2) is 0 Å². The van der Waals surface area contributed by atoms with Gasteiger partial charge in [0.25, 0.3) is 5.91 Å². The van der Waals surface area contributed by atoms with Crippen molar-refractivity contribution < 1.29 is 9.59 Å². The molecule has 0 bridgehead atoms. The van der Waals surface area contributed by atoms with E-state index in [-0.39, 0.29) is 18.0 Å². The van der Waals surface area contributed by atoms with Crippen molar-refractivity contribution in [3.63, 3.8) is 0 Å². The smallest absolute Gasteiger partial charge is 0.326 e. The second-order valence-corrected chi connectivity index (χ2v) is 10.4. The van der Waals surface area contributed by atoms with Gasteiger partial charge in [-0.2, -0.15) is 0 Å². The van der Waals surface area contributed by atoms with Crippen molar-refractivity contribution in [1.29, 1.82) is 0 Å². The van der Waals surface area contributed by atoms with E-state index < -0.39 is 0 Å². The van der Waals surface area contributed by atoms with E-state index in [2.05, 4.69) is 51.9 Å². The maximum atomic E-state index is 12.9. The fraction of sp³-hybridized carbons (Fsp3) is 0.235. The summed E-state index contributed by atoms with van der Waals surface area (Å²) in [5.74, 6) is -0.0734. The summed E-state index contributed by atoms with van der Waals surface area (Å²) in [6.07, 6.45) is 2.72. The molecular weight excluding hydrogens is 496 g/mol. The normalized spacial score (nSPS) is 13.9. The van der Waals surface area contributed by atoms with E-state index in [9.17, 15) is 9.59 Å². The Hall–Kier alpha value is -4.42. The second kappa shape index (κ2) is 13.1. The number of carbonyl (C=O) groups excluding carboxylic acids is 2. The fourth-order valence-corrected chi connectivity index (χ4v) is 5.04. The van der Waals surface area contributed by atoms with Gasteiger partial charge < -0.3 is 10.6 Å². The lowest BCUT2D eigenvalue weighted by Crippen LogP contribution is -2.44. The molecule has 0 aromatic heterocycles. The molecule has 4 aromatic carbocycles. The van der Waals surface area contributed by atoms with Crippen LogP contribution in [-0.4, -0.2) is 43.0 Å². The molecule has 204 valence electrons. The molecule has 3 amide bonds. The van der Waals surface area contributed by atoms with Crippen LogP contribution in [-0.2, 0) is 13.0 Å². The monoisotopic (exact) mass is 532 g/mol. The van der Waals surface area contributed by atoms with Crippen molar-refractivity contribution in [2.24, 2.45) is 0 Å². The minimum absolute atomic E-state index is 0.0734. The summed E-state index contributed by atoms with van der Waals surface area (Å²) in [6, 6.07) is 35.8. The van der Waals surface area contributed by atoms with Crippen LogP contribution in [0.5, 0.6) is 0 Å². The summed E-state index contributed by atoms with van der Waals surface area (Å²) in [5.41, 5.74) is 5.80. The predicted octanol–water partition coefficient (Wildman–Crippen LogP) is 6.34. The summed E-state index contributed by atoms with van der Waals surface area (Å²) in [6.45, 7) is 2.88. The number of benzene rings is 4. The number of nitrogens with zero attached hydrogens (tertiary/aromatic N) is 2. The van der Waals surface area contributed by atoms with E-state index >= 15 is 0 Å². The fourth-order valence-electron chi connectivity index (χ4n) is 5.04. The third-order valence-corrected chi connectivity index (χ3v) is 7.45. The Balaban J connectivity index is 1.08. The van der Waals surface area contributed by atoms with E-state index in [1.165, 1.54) is 16.7 Å². The molecule has 0 atom stereocenters. The Labute approximate surface area is 236 Å². The Kier molecular flexibility index (Phi) is 8.89. The van der Waals surface area contributed by atoms with Crippen molar-refractivity contribution in [2.45, 2.75) is 31.8 Å². The van der Waals surface area contributed by atoms with Crippen LogP contribution in [0.15, 0.2) is 109 Å². The van der Waals surface area contributed by atoms with Gasteiger partial charge in [-0.1, -0.05) is 72.8 Å². The van der Waals surface area contributed by atoms with Crippen molar-refractivity contribution in [1.82, 2.24) is 10.2 Å². The molecule has 0 radical (unpaired) electrons. The van der Waals surface area contributed by atoms with Crippen LogP contribution in [0.2, 0.25) is 0 Å². The molecule has 6 heteroatoms. The first-order chi connectivity index (χ1) is 19.5. The molecule has 0 saturated carbocycles. The zero-order valence-electron chi connectivity index (χ0n) is 22.9. The van der Waals surface area contributed by atoms with Gasteiger partial charge in [-0.25, -0.2) is 4.79 Å². The molecule has 1 saturated heterocycles. The van der Waals surface area contributed by atoms with E-state index in [0.29, 0.717) is 11.3 Å². The molecule has 40 heavy (non-hydrogen) atoms. The van der Waals surface area contributed by atoms with Crippen molar-refractivity contribution in [2.75, 3.05) is 30.4 Å². The van der Waals surface area contributed by atoms with E-state index in [1.807, 2.05) is 48.5 Å². The lowest BCUT2D eigenvalue weighted by molar-refractivity contribution is 0.0909. The lowest BCUT2D eigenvalue weighted by Gasteiger charge is -2.32. The Morgan fingerprint density at radius 1 is 0.750 bits per heavy atom. The molecule has 2 N–H and O–H groups in total. The summed E-state index contributed by atoms with van der Waals surface area (Å²) >= 11 is 0. The van der Waals surface area contributed by atoms with Gasteiger partial charge >= 0.3 is 6.03 Å². The minimum atomic E-state index is -0.240. The number of anilines is 2. The highest BCUT2D eigenvalue weighted by Crippen LogP contribution is 2.19. The van der Waals surface area contributed by atoms with Crippen molar-refractivity contribution in [3.8, 4) is 0 Å². The van der Waals surface area contributed by atoms with Gasteiger partial charge in [-0.05, 0) is 72.4 Å². The topological polar surface area (TPSA) is 64.7 Å². The van der Waals surface area contributed by atoms with Crippen LogP contribution in [0.3, 0.4) is 0 Å². The average molecular weight is 533 g/mol. The number of hydrogen-bond acceptors (Lipinski definition) is 3. The summed E-state index contributed by atoms with van der Waals surface area (Å²) in [4.78, 5) is 29.7. The van der Waals surface area contributed by atoms with Crippen molar-refractivity contribution >= 4 is 23.3 Å². The second-order valence-electron chi connectivity index (χ2n) is 10.4. The number of carbonyl (C=O) groups is 2. The first-order valence-corrected chi connectivity index (χ1v) is 13.9. The Bertz CT molecular complexity index is 1380. The maximum Gasteiger partial charge on any atom is 0.326 e. The number of rotatable bonds is 8. The third kappa shape index (κ3) is 7.36. The zero-order valence-corrected chi connectivity index (χ0v) is 22.9. The first-order valence-electron chi connectivity index (χ1n) is 13.9. The number of piperidine rings is 1. The SMILES string of the molecule is CN(C(=O)Nc1ccc(Cc2ccccc2)cc1)c1ccc(C(=O)NC2CCN(Cc3ccccc3)CC2)cc1. The van der Waals surface area contributed by atoms with Gasteiger partial charge in [-0.15, -0.1) is 0 Å². The Morgan fingerprint density at radius 2 is 1.32 bits per heavy atom. The molecule has 1 heterocycles. The molecule has 1 aliphatic rings. The van der Waals surface area contributed by atoms with Crippen LogP contribution < -0.4 is 15.5 Å². The molecule has 4 aromatic rings. The third-order valence-electron chi connectivity index (χ3n) is 7.45. The van der Waals surface area contributed by atoms with Crippen LogP contribution in [0.4, 0.5) is 16.2 Å². The van der Waals surface area contributed by atoms with Crippen molar-refractivity contribution in [3.05, 3.63) is 131 Å². The molecule has 0 aliphatic carbocycles. The quantitative estimate of drug-likeness (QED) is 0.278. The highest BCUT2D eigenvalue weighted by Gasteiger charge is 2.21. The number of hydrogen-bond donors (Lipinski definition) is 2. The number of amides is 3. The summed E-state index contributed by atoms with van der Waals surface area (Å²) < 4.78 is 0. The largest absolute Gasteiger partial charge is 0.349 e. The maximum absolute atomic E-state index is 12.9. The van der Waals surface area contributed by atoms with E-state index in [1.54, 1.807) is 36.2 Å². The highest BCUT2D eigenvalue weighted by molar-refractivity contribution is 6.02. The van der Waals surface area contributed by atoms with Gasteiger partial charge in [-0.3, -0.25) is 14.6 Å². The lowest BCUT2D eigenvalue weighted by atomic mass is 10.0. The highest BCUT2D eigenvalue weighted by atomic mass is 16.2. The molecule has 0 unspecified atom stereocenters. The van der Waals surface area contributed by atoms with Gasteiger partial charge in [0.1, 0.15) is 0 Å². The predicted molar refractivity (Wildman–Crippen MR) is 162 cm³/mol. The molecular formula is C34H36N4O2. The van der Waals surface area contributed by atoms with Crippen LogP contribution in [0.25, 0.3) is 0 Å². The van der Waals surface area contributed by atoms with E-state index in [0.717, 1.165) is 44.6 Å². The minimum Gasteiger partial charge on any atom is -0.349 e. The Morgan fingerprint density at radius 3 is 1.95 bits per heavy atom. The molecule has 1 aliphatic heterocycles. The first kappa shape index (κ1) is 27.2. The standard InChI is InChI=1S/C34H36N4O2/c1-37(34(40)36-30-16-12-27(13-17-30)24-26-8-4-2-5-9-26)32-18-14-29(15-19-32)33(39)35-31-20-22-38(23-21-31)25-28-10-6-3-7-11-28/h2-19,31H,20-25H2,1H3,(H,35,39)(H,36,40). The molecule has 0 spiro atoms. The van der Waals surface area contributed by atoms with Gasteiger partial charge in [0.2, 0.25) is 0 Å². The van der Waals surface area contributed by atoms with Gasteiger partial charge in [0.05, 0.1) is 0 Å².